The summed E-state index contributed by atoms with van der Waals surface area (Å²) in [5.74, 6) is 2.33. The van der Waals surface area contributed by atoms with Gasteiger partial charge in [-0.2, -0.15) is 0 Å². The van der Waals surface area contributed by atoms with Crippen molar-refractivity contribution in [3.8, 4) is 0 Å². The van der Waals surface area contributed by atoms with Crippen molar-refractivity contribution in [1.29, 1.82) is 0 Å². The smallest absolute Gasteiger partial charge is 0.137 e. The Morgan fingerprint density at radius 1 is 1.10 bits per heavy atom. The van der Waals surface area contributed by atoms with E-state index < -0.39 is 0 Å². The summed E-state index contributed by atoms with van der Waals surface area (Å²) in [6.45, 7) is 7.00. The first-order chi connectivity index (χ1) is 10.0. The van der Waals surface area contributed by atoms with Crippen molar-refractivity contribution in [3.63, 3.8) is 0 Å². The number of anilines is 2. The molecule has 1 aromatic carbocycles. The molecule has 0 spiro atoms. The maximum atomic E-state index is 6.02. The summed E-state index contributed by atoms with van der Waals surface area (Å²) in [5.41, 5.74) is 9.51. The molecular formula is C17H24N4. The fraction of sp³-hybridized carbons (Fsp3) is 0.412. The van der Waals surface area contributed by atoms with E-state index in [1.54, 1.807) is 0 Å². The highest BCUT2D eigenvalue weighted by Crippen LogP contribution is 2.22. The molecule has 0 radical (unpaired) electrons. The minimum absolute atomic E-state index is 0.583. The maximum Gasteiger partial charge on any atom is 0.137 e. The van der Waals surface area contributed by atoms with E-state index in [0.29, 0.717) is 5.82 Å². The van der Waals surface area contributed by atoms with Gasteiger partial charge in [-0.15, -0.1) is 0 Å². The fourth-order valence-electron chi connectivity index (χ4n) is 2.32. The third kappa shape index (κ3) is 3.72. The van der Waals surface area contributed by atoms with Crippen molar-refractivity contribution >= 4 is 11.6 Å². The van der Waals surface area contributed by atoms with Gasteiger partial charge in [0.15, 0.2) is 0 Å². The number of aromatic nitrogens is 2. The standard InChI is InChI=1S/C17H24N4/c1-5-6-15-19-16(18)13(3)17(20-15)21(4)11-14-9-7-12(2)8-10-14/h7-10H,5-6,11H2,1-4H3,(H2,18,19,20). The van der Waals surface area contributed by atoms with E-state index in [1.807, 2.05) is 14.0 Å². The highest BCUT2D eigenvalue weighted by molar-refractivity contribution is 5.56. The summed E-state index contributed by atoms with van der Waals surface area (Å²) >= 11 is 0. The summed E-state index contributed by atoms with van der Waals surface area (Å²) < 4.78 is 0. The van der Waals surface area contributed by atoms with E-state index in [0.717, 1.165) is 36.6 Å². The lowest BCUT2D eigenvalue weighted by Gasteiger charge is -2.21. The van der Waals surface area contributed by atoms with Gasteiger partial charge in [-0.05, 0) is 25.8 Å². The average molecular weight is 284 g/mol. The topological polar surface area (TPSA) is 55.0 Å². The molecule has 0 atom stereocenters. The molecule has 4 nitrogen and oxygen atoms in total. The molecule has 0 saturated heterocycles. The first kappa shape index (κ1) is 15.3. The Morgan fingerprint density at radius 2 is 1.76 bits per heavy atom. The first-order valence-electron chi connectivity index (χ1n) is 7.41. The van der Waals surface area contributed by atoms with Gasteiger partial charge in [-0.1, -0.05) is 36.8 Å². The number of rotatable bonds is 5. The van der Waals surface area contributed by atoms with E-state index in [4.69, 9.17) is 5.73 Å². The SMILES string of the molecule is CCCc1nc(N)c(C)c(N(C)Cc2ccc(C)cc2)n1. The number of nitrogen functional groups attached to an aromatic ring is 1. The molecular weight excluding hydrogens is 260 g/mol. The molecule has 0 bridgehead atoms. The van der Waals surface area contributed by atoms with E-state index in [9.17, 15) is 0 Å². The quantitative estimate of drug-likeness (QED) is 0.915. The van der Waals surface area contributed by atoms with Crippen LogP contribution in [-0.2, 0) is 13.0 Å². The number of hydrogen-bond acceptors (Lipinski definition) is 4. The van der Waals surface area contributed by atoms with E-state index in [1.165, 1.54) is 11.1 Å². The van der Waals surface area contributed by atoms with Gasteiger partial charge in [0.25, 0.3) is 0 Å². The third-order valence-electron chi connectivity index (χ3n) is 3.58. The monoisotopic (exact) mass is 284 g/mol. The van der Waals surface area contributed by atoms with Crippen molar-refractivity contribution in [3.05, 3.63) is 46.8 Å². The van der Waals surface area contributed by atoms with Gasteiger partial charge in [0.1, 0.15) is 17.5 Å². The van der Waals surface area contributed by atoms with Crippen LogP contribution in [0.4, 0.5) is 11.6 Å². The molecule has 2 aromatic rings. The predicted octanol–water partition coefficient (Wildman–Crippen LogP) is 3.26. The molecule has 2 N–H and O–H groups in total. The molecule has 1 heterocycles. The van der Waals surface area contributed by atoms with Gasteiger partial charge in [0, 0.05) is 25.6 Å². The van der Waals surface area contributed by atoms with Gasteiger partial charge in [-0.25, -0.2) is 9.97 Å². The summed E-state index contributed by atoms with van der Waals surface area (Å²) in [6, 6.07) is 8.57. The Hall–Kier alpha value is -2.10. The molecule has 0 aliphatic rings. The van der Waals surface area contributed by atoms with E-state index >= 15 is 0 Å². The lowest BCUT2D eigenvalue weighted by atomic mass is 10.1. The molecule has 4 heteroatoms. The predicted molar refractivity (Wildman–Crippen MR) is 88.5 cm³/mol. The largest absolute Gasteiger partial charge is 0.383 e. The van der Waals surface area contributed by atoms with Crippen LogP contribution in [0.2, 0.25) is 0 Å². The minimum atomic E-state index is 0.583. The van der Waals surface area contributed by atoms with Crippen LogP contribution >= 0.6 is 0 Å². The first-order valence-corrected chi connectivity index (χ1v) is 7.41. The van der Waals surface area contributed by atoms with Gasteiger partial charge in [0.05, 0.1) is 0 Å². The number of aryl methyl sites for hydroxylation is 2. The Kier molecular flexibility index (Phi) is 4.78. The van der Waals surface area contributed by atoms with Crippen LogP contribution in [0.25, 0.3) is 0 Å². The van der Waals surface area contributed by atoms with Crippen molar-refractivity contribution < 1.29 is 0 Å². The van der Waals surface area contributed by atoms with Gasteiger partial charge in [-0.3, -0.25) is 0 Å². The number of nitrogens with two attached hydrogens (primary N) is 1. The summed E-state index contributed by atoms with van der Waals surface area (Å²) in [4.78, 5) is 11.2. The molecule has 21 heavy (non-hydrogen) atoms. The van der Waals surface area contributed by atoms with Gasteiger partial charge < -0.3 is 10.6 Å². The molecule has 0 fully saturated rings. The number of nitrogens with zero attached hydrogens (tertiary/aromatic N) is 3. The van der Waals surface area contributed by atoms with Crippen LogP contribution in [0.15, 0.2) is 24.3 Å². The molecule has 112 valence electrons. The zero-order chi connectivity index (χ0) is 15.4. The third-order valence-corrected chi connectivity index (χ3v) is 3.58. The molecule has 0 saturated carbocycles. The molecule has 2 rings (SSSR count). The Morgan fingerprint density at radius 3 is 2.38 bits per heavy atom. The van der Waals surface area contributed by atoms with E-state index in [-0.39, 0.29) is 0 Å². The van der Waals surface area contributed by atoms with Gasteiger partial charge >= 0.3 is 0 Å². The van der Waals surface area contributed by atoms with Gasteiger partial charge in [0.2, 0.25) is 0 Å². The zero-order valence-corrected chi connectivity index (χ0v) is 13.3. The summed E-state index contributed by atoms with van der Waals surface area (Å²) in [6.07, 6.45) is 1.87. The minimum Gasteiger partial charge on any atom is -0.383 e. The van der Waals surface area contributed by atoms with Crippen LogP contribution in [-0.4, -0.2) is 17.0 Å². The maximum absolute atomic E-state index is 6.02. The molecule has 0 aliphatic carbocycles. The Labute approximate surface area is 127 Å². The molecule has 1 aromatic heterocycles. The van der Waals surface area contributed by atoms with Crippen molar-refractivity contribution in [2.45, 2.75) is 40.2 Å². The van der Waals surface area contributed by atoms with Crippen LogP contribution < -0.4 is 10.6 Å². The zero-order valence-electron chi connectivity index (χ0n) is 13.3. The Balaban J connectivity index is 2.25. The van der Waals surface area contributed by atoms with Crippen LogP contribution in [0.5, 0.6) is 0 Å². The lowest BCUT2D eigenvalue weighted by Crippen LogP contribution is -2.21. The van der Waals surface area contributed by atoms with Crippen molar-refractivity contribution in [2.75, 3.05) is 17.7 Å². The summed E-state index contributed by atoms with van der Waals surface area (Å²) in [5, 5.41) is 0. The van der Waals surface area contributed by atoms with E-state index in [2.05, 4.69) is 53.0 Å². The summed E-state index contributed by atoms with van der Waals surface area (Å²) in [7, 11) is 2.05. The average Bonchev–Trinajstić information content (AvgIpc) is 2.45. The molecule has 0 amide bonds. The lowest BCUT2D eigenvalue weighted by molar-refractivity contribution is 0.809. The van der Waals surface area contributed by atoms with Crippen LogP contribution in [0.3, 0.4) is 0 Å². The molecule has 0 aliphatic heterocycles. The Bertz CT molecular complexity index is 605. The second-order valence-corrected chi connectivity index (χ2v) is 5.57. The number of hydrogen-bond donors (Lipinski definition) is 1. The van der Waals surface area contributed by atoms with Crippen molar-refractivity contribution in [1.82, 2.24) is 9.97 Å². The fourth-order valence-corrected chi connectivity index (χ4v) is 2.32. The number of benzene rings is 1. The normalized spacial score (nSPS) is 10.7. The van der Waals surface area contributed by atoms with Crippen molar-refractivity contribution in [2.24, 2.45) is 0 Å². The highest BCUT2D eigenvalue weighted by Gasteiger charge is 2.12. The second kappa shape index (κ2) is 6.57. The van der Waals surface area contributed by atoms with Crippen LogP contribution in [0.1, 0.15) is 35.9 Å². The second-order valence-electron chi connectivity index (χ2n) is 5.57. The molecule has 0 unspecified atom stereocenters. The van der Waals surface area contributed by atoms with Crippen LogP contribution in [0, 0.1) is 13.8 Å². The highest BCUT2D eigenvalue weighted by atomic mass is 15.2.